The number of aliphatic carboxylic acids is 1. The van der Waals surface area contributed by atoms with E-state index in [1.54, 1.807) is 41.8 Å². The molecular formula is C25H26F3N7O5. The van der Waals surface area contributed by atoms with Crippen molar-refractivity contribution in [2.45, 2.75) is 26.2 Å². The number of carboxylic acids is 1. The number of nitrogens with zero attached hydrogens (tertiary/aromatic N) is 5. The lowest BCUT2D eigenvalue weighted by atomic mass is 10.2. The summed E-state index contributed by atoms with van der Waals surface area (Å²) in [6, 6.07) is 6.63. The number of ether oxygens (including phenoxy) is 1. The number of hydrogen-bond acceptors (Lipinski definition) is 8. The monoisotopic (exact) mass is 561 g/mol. The zero-order valence-electron chi connectivity index (χ0n) is 21.4. The van der Waals surface area contributed by atoms with Crippen LogP contribution < -0.4 is 26.4 Å². The summed E-state index contributed by atoms with van der Waals surface area (Å²) in [5.74, 6) is 3.23. The maximum absolute atomic E-state index is 13.2. The van der Waals surface area contributed by atoms with Crippen molar-refractivity contribution in [3.05, 3.63) is 53.0 Å². The number of para-hydroxylation sites is 1. The second kappa shape index (κ2) is 12.8. The van der Waals surface area contributed by atoms with Gasteiger partial charge < -0.3 is 25.8 Å². The van der Waals surface area contributed by atoms with Crippen LogP contribution >= 0.6 is 0 Å². The molecule has 3 aromatic rings. The van der Waals surface area contributed by atoms with E-state index < -0.39 is 18.1 Å². The summed E-state index contributed by atoms with van der Waals surface area (Å²) in [5.41, 5.74) is 6.44. The highest BCUT2D eigenvalue weighted by atomic mass is 19.4. The number of aromatic nitrogens is 4. The minimum atomic E-state index is -5.08. The molecule has 1 aromatic carbocycles. The van der Waals surface area contributed by atoms with Crippen molar-refractivity contribution in [2.75, 3.05) is 31.1 Å². The molecule has 4 rings (SSSR count). The highest BCUT2D eigenvalue weighted by molar-refractivity contribution is 5.95. The van der Waals surface area contributed by atoms with E-state index in [4.69, 9.17) is 20.4 Å². The summed E-state index contributed by atoms with van der Waals surface area (Å²) < 4.78 is 40.8. The van der Waals surface area contributed by atoms with E-state index in [1.165, 1.54) is 4.57 Å². The van der Waals surface area contributed by atoms with E-state index in [9.17, 15) is 22.8 Å². The van der Waals surface area contributed by atoms with Gasteiger partial charge in [0.05, 0.1) is 12.1 Å². The van der Waals surface area contributed by atoms with Crippen LogP contribution in [0.4, 0.5) is 19.0 Å². The molecule has 0 bridgehead atoms. The van der Waals surface area contributed by atoms with Gasteiger partial charge in [0.2, 0.25) is 0 Å². The fourth-order valence-electron chi connectivity index (χ4n) is 3.77. The molecule has 212 valence electrons. The molecule has 4 N–H and O–H groups in total. The van der Waals surface area contributed by atoms with Gasteiger partial charge in [-0.25, -0.2) is 9.59 Å². The number of hydrogen-bond donors (Lipinski definition) is 3. The molecule has 0 unspecified atom stereocenters. The average Bonchev–Trinajstić information content (AvgIpc) is 3.18. The van der Waals surface area contributed by atoms with E-state index in [0.717, 1.165) is 13.1 Å². The third-order valence-electron chi connectivity index (χ3n) is 5.55. The Hall–Kier alpha value is -4.84. The summed E-state index contributed by atoms with van der Waals surface area (Å²) in [6.07, 6.45) is -3.45. The predicted octanol–water partition coefficient (Wildman–Crippen LogP) is 1.74. The van der Waals surface area contributed by atoms with Crippen LogP contribution in [0.25, 0.3) is 11.2 Å². The Balaban J connectivity index is 0.000000559. The van der Waals surface area contributed by atoms with Gasteiger partial charge in [0.15, 0.2) is 11.5 Å². The highest BCUT2D eigenvalue weighted by Crippen LogP contribution is 2.30. The molecule has 0 atom stereocenters. The first-order valence-electron chi connectivity index (χ1n) is 11.8. The molecule has 0 aliphatic carbocycles. The van der Waals surface area contributed by atoms with Gasteiger partial charge in [0, 0.05) is 32.7 Å². The summed E-state index contributed by atoms with van der Waals surface area (Å²) >= 11 is 0. The molecule has 1 aliphatic rings. The van der Waals surface area contributed by atoms with Crippen molar-refractivity contribution in [1.82, 2.24) is 24.4 Å². The van der Waals surface area contributed by atoms with E-state index in [1.807, 2.05) is 0 Å². The molecule has 3 heterocycles. The van der Waals surface area contributed by atoms with Crippen LogP contribution in [0.5, 0.6) is 11.8 Å². The number of amides is 1. The molecule has 0 saturated carbocycles. The van der Waals surface area contributed by atoms with E-state index in [2.05, 4.69) is 38.6 Å². The van der Waals surface area contributed by atoms with E-state index in [0.29, 0.717) is 30.1 Å². The third kappa shape index (κ3) is 6.77. The molecule has 1 amide bonds. The molecule has 12 nitrogen and oxygen atoms in total. The molecule has 40 heavy (non-hydrogen) atoms. The lowest BCUT2D eigenvalue weighted by Gasteiger charge is -2.29. The topological polar surface area (TPSA) is 158 Å². The zero-order valence-corrected chi connectivity index (χ0v) is 21.4. The Morgan fingerprint density at radius 1 is 1.23 bits per heavy atom. The number of carboxylic acid groups (broad SMARTS) is 1. The molecule has 0 spiro atoms. The van der Waals surface area contributed by atoms with Gasteiger partial charge in [-0.1, -0.05) is 24.1 Å². The fourth-order valence-corrected chi connectivity index (χ4v) is 3.77. The number of benzene rings is 1. The Bertz CT molecular complexity index is 1530. The number of anilines is 1. The van der Waals surface area contributed by atoms with Crippen molar-refractivity contribution in [3.63, 3.8) is 0 Å². The van der Waals surface area contributed by atoms with Gasteiger partial charge in [0.1, 0.15) is 11.3 Å². The molecule has 0 radical (unpaired) electrons. The van der Waals surface area contributed by atoms with Crippen molar-refractivity contribution < 1.29 is 32.6 Å². The highest BCUT2D eigenvalue weighted by Gasteiger charge is 2.38. The summed E-state index contributed by atoms with van der Waals surface area (Å²) in [7, 11) is 0. The zero-order chi connectivity index (χ0) is 29.4. The second-order valence-electron chi connectivity index (χ2n) is 8.20. The second-order valence-corrected chi connectivity index (χ2v) is 8.20. The Kier molecular flexibility index (Phi) is 9.51. The van der Waals surface area contributed by atoms with Crippen LogP contribution in [-0.4, -0.2) is 68.4 Å². The smallest absolute Gasteiger partial charge is 0.475 e. The van der Waals surface area contributed by atoms with Crippen molar-refractivity contribution in [2.24, 2.45) is 5.73 Å². The number of halogens is 3. The fraction of sp³-hybridized carbons (Fsp3) is 0.320. The summed E-state index contributed by atoms with van der Waals surface area (Å²) in [5, 5.41) is 10.4. The van der Waals surface area contributed by atoms with Gasteiger partial charge in [-0.05, 0) is 19.1 Å². The van der Waals surface area contributed by atoms with Crippen molar-refractivity contribution in [3.8, 4) is 23.6 Å². The predicted molar refractivity (Wildman–Crippen MR) is 139 cm³/mol. The Labute approximate surface area is 225 Å². The summed E-state index contributed by atoms with van der Waals surface area (Å²) in [4.78, 5) is 45.3. The number of carbonyl (C=O) groups excluding carboxylic acids is 1. The SMILES string of the molecule is C=CCn1c(=O)n(CC#CC)c2c(N3CCNCC3)nc(Oc3ccccc3C(N)=O)nc21.O=C(O)C(F)(F)F. The Morgan fingerprint density at radius 2 is 1.88 bits per heavy atom. The van der Waals surface area contributed by atoms with Gasteiger partial charge in [-0.15, -0.1) is 12.5 Å². The number of fused-ring (bicyclic) bond motifs is 1. The van der Waals surface area contributed by atoms with Crippen LogP contribution in [-0.2, 0) is 17.9 Å². The Morgan fingerprint density at radius 3 is 2.45 bits per heavy atom. The van der Waals surface area contributed by atoms with Crippen LogP contribution in [0.2, 0.25) is 0 Å². The quantitative estimate of drug-likeness (QED) is 0.289. The lowest BCUT2D eigenvalue weighted by Crippen LogP contribution is -2.44. The maximum Gasteiger partial charge on any atom is 0.490 e. The minimum Gasteiger partial charge on any atom is -0.475 e. The molecule has 1 saturated heterocycles. The molecule has 1 fully saturated rings. The van der Waals surface area contributed by atoms with Crippen LogP contribution in [0.1, 0.15) is 17.3 Å². The van der Waals surface area contributed by atoms with Crippen molar-refractivity contribution >= 4 is 28.9 Å². The first kappa shape index (κ1) is 29.7. The number of nitrogens with one attached hydrogen (secondary N) is 1. The van der Waals surface area contributed by atoms with Gasteiger partial charge in [0.25, 0.3) is 5.91 Å². The van der Waals surface area contributed by atoms with Crippen molar-refractivity contribution in [1.29, 1.82) is 0 Å². The molecular weight excluding hydrogens is 535 g/mol. The number of carbonyl (C=O) groups is 2. The number of primary amides is 1. The standard InChI is InChI=1S/C23H25N7O3.C2HF3O2/c1-3-5-13-29-18-20(28-14-10-25-11-15-28)26-22(27-21(18)30(12-4-2)23(29)32)33-17-9-7-6-8-16(17)19(24)31;3-2(4,5)1(6)7/h4,6-9,25H,2,10-15H2,1H3,(H2,24,31);(H,6,7). The summed E-state index contributed by atoms with van der Waals surface area (Å²) in [6.45, 7) is 8.91. The van der Waals surface area contributed by atoms with Crippen LogP contribution in [0.15, 0.2) is 41.7 Å². The van der Waals surface area contributed by atoms with Crippen LogP contribution in [0.3, 0.4) is 0 Å². The minimum absolute atomic E-state index is 0.0151. The van der Waals surface area contributed by atoms with E-state index >= 15 is 0 Å². The number of rotatable bonds is 7. The van der Waals surface area contributed by atoms with Crippen LogP contribution in [0, 0.1) is 11.8 Å². The maximum atomic E-state index is 13.2. The number of imidazole rings is 1. The average molecular weight is 562 g/mol. The van der Waals surface area contributed by atoms with Gasteiger partial charge in [-0.2, -0.15) is 23.1 Å². The number of allylic oxidation sites excluding steroid dienone is 1. The first-order valence-corrected chi connectivity index (χ1v) is 11.8. The number of alkyl halides is 3. The van der Waals surface area contributed by atoms with E-state index in [-0.39, 0.29) is 36.1 Å². The number of piperazine rings is 1. The molecule has 15 heteroatoms. The molecule has 1 aliphatic heterocycles. The largest absolute Gasteiger partial charge is 0.490 e. The molecule has 2 aromatic heterocycles. The van der Waals surface area contributed by atoms with Gasteiger partial charge in [-0.3, -0.25) is 13.9 Å². The normalized spacial score (nSPS) is 13.1. The lowest BCUT2D eigenvalue weighted by molar-refractivity contribution is -0.192. The third-order valence-corrected chi connectivity index (χ3v) is 5.55. The first-order chi connectivity index (χ1) is 19.0. The van der Waals surface area contributed by atoms with Gasteiger partial charge >= 0.3 is 23.8 Å². The number of nitrogens with two attached hydrogens (primary N) is 1.